The van der Waals surface area contributed by atoms with E-state index in [9.17, 15) is 4.79 Å². The third-order valence-corrected chi connectivity index (χ3v) is 4.59. The number of hydrogen-bond donors (Lipinski definition) is 1. The number of hydrogen-bond acceptors (Lipinski definition) is 5. The Labute approximate surface area is 141 Å². The standard InChI is InChI=1S/C17H23N3O2S/c1-12-14(3)20(10-11-23-16-8-6-5-7-9-16)17(13(2)18-12)22-19-15(4)21/h5-9,17H,10-11H2,1-4H3,(H,19,21). The van der Waals surface area contributed by atoms with Crippen LogP contribution in [0.1, 0.15) is 27.7 Å². The molecule has 0 saturated heterocycles. The van der Waals surface area contributed by atoms with E-state index in [-0.39, 0.29) is 12.1 Å². The average Bonchev–Trinajstić information content (AvgIpc) is 2.52. The van der Waals surface area contributed by atoms with Crippen LogP contribution in [-0.4, -0.2) is 35.0 Å². The maximum atomic E-state index is 11.1. The van der Waals surface area contributed by atoms with E-state index < -0.39 is 0 Å². The highest BCUT2D eigenvalue weighted by Gasteiger charge is 2.27. The Morgan fingerprint density at radius 1 is 1.30 bits per heavy atom. The topological polar surface area (TPSA) is 53.9 Å². The fourth-order valence-electron chi connectivity index (χ4n) is 2.36. The van der Waals surface area contributed by atoms with Crippen molar-refractivity contribution in [3.05, 3.63) is 41.7 Å². The van der Waals surface area contributed by atoms with Gasteiger partial charge in [-0.1, -0.05) is 18.2 Å². The van der Waals surface area contributed by atoms with Crippen molar-refractivity contribution in [3.63, 3.8) is 0 Å². The van der Waals surface area contributed by atoms with E-state index in [2.05, 4.69) is 27.5 Å². The first-order valence-corrected chi connectivity index (χ1v) is 8.57. The van der Waals surface area contributed by atoms with E-state index in [0.717, 1.165) is 29.4 Å². The van der Waals surface area contributed by atoms with E-state index in [1.54, 1.807) is 11.8 Å². The van der Waals surface area contributed by atoms with Crippen LogP contribution in [0, 0.1) is 0 Å². The fourth-order valence-corrected chi connectivity index (χ4v) is 3.23. The Morgan fingerprint density at radius 3 is 2.65 bits per heavy atom. The van der Waals surface area contributed by atoms with Crippen molar-refractivity contribution in [1.29, 1.82) is 0 Å². The number of nitrogens with zero attached hydrogens (tertiary/aromatic N) is 2. The molecule has 0 saturated carbocycles. The summed E-state index contributed by atoms with van der Waals surface area (Å²) in [7, 11) is 0. The molecule has 1 unspecified atom stereocenters. The molecule has 1 aliphatic rings. The van der Waals surface area contributed by atoms with Gasteiger partial charge in [-0.15, -0.1) is 11.8 Å². The van der Waals surface area contributed by atoms with Crippen molar-refractivity contribution in [2.45, 2.75) is 38.8 Å². The Hall–Kier alpha value is -1.79. The van der Waals surface area contributed by atoms with Gasteiger partial charge in [-0.05, 0) is 32.9 Å². The smallest absolute Gasteiger partial charge is 0.240 e. The SMILES string of the molecule is CC(=O)NOC1C(C)=NC(C)=C(C)N1CCSc1ccccc1. The van der Waals surface area contributed by atoms with Crippen LogP contribution in [0.15, 0.2) is 51.6 Å². The lowest BCUT2D eigenvalue weighted by Gasteiger charge is -2.36. The summed E-state index contributed by atoms with van der Waals surface area (Å²) in [4.78, 5) is 24.6. The largest absolute Gasteiger partial charge is 0.341 e. The van der Waals surface area contributed by atoms with Gasteiger partial charge >= 0.3 is 0 Å². The third-order valence-electron chi connectivity index (χ3n) is 3.60. The highest BCUT2D eigenvalue weighted by molar-refractivity contribution is 7.99. The monoisotopic (exact) mass is 333 g/mol. The summed E-state index contributed by atoms with van der Waals surface area (Å²) >= 11 is 1.80. The molecule has 0 bridgehead atoms. The van der Waals surface area contributed by atoms with Crippen LogP contribution in [0.4, 0.5) is 0 Å². The average molecular weight is 333 g/mol. The Kier molecular flexibility index (Phi) is 6.24. The number of hydroxylamine groups is 1. The molecule has 2 rings (SSSR count). The molecule has 0 spiro atoms. The summed E-state index contributed by atoms with van der Waals surface area (Å²) in [5, 5.41) is 0. The number of allylic oxidation sites excluding steroid dienone is 2. The van der Waals surface area contributed by atoms with E-state index >= 15 is 0 Å². The quantitative estimate of drug-likeness (QED) is 0.641. The van der Waals surface area contributed by atoms with Gasteiger partial charge < -0.3 is 4.90 Å². The Bertz CT molecular complexity index is 614. The molecule has 1 amide bonds. The molecule has 6 heteroatoms. The van der Waals surface area contributed by atoms with Gasteiger partial charge in [-0.2, -0.15) is 0 Å². The molecule has 23 heavy (non-hydrogen) atoms. The number of carbonyl (C=O) groups excluding carboxylic acids is 1. The molecule has 1 aromatic rings. The second-order valence-electron chi connectivity index (χ2n) is 5.41. The molecule has 1 heterocycles. The number of benzene rings is 1. The summed E-state index contributed by atoms with van der Waals surface area (Å²) in [5.74, 6) is 0.697. The van der Waals surface area contributed by atoms with Gasteiger partial charge in [0, 0.05) is 29.8 Å². The molecule has 1 N–H and O–H groups in total. The summed E-state index contributed by atoms with van der Waals surface area (Å²) in [6.45, 7) is 8.17. The first-order chi connectivity index (χ1) is 11.0. The first kappa shape index (κ1) is 17.6. The van der Waals surface area contributed by atoms with Gasteiger partial charge in [0.25, 0.3) is 0 Å². The lowest BCUT2D eigenvalue weighted by molar-refractivity contribution is -0.139. The maximum absolute atomic E-state index is 11.1. The molecule has 1 aromatic carbocycles. The number of nitrogens with one attached hydrogen (secondary N) is 1. The highest BCUT2D eigenvalue weighted by atomic mass is 32.2. The van der Waals surface area contributed by atoms with Crippen molar-refractivity contribution in [1.82, 2.24) is 10.4 Å². The number of rotatable bonds is 6. The van der Waals surface area contributed by atoms with Crippen molar-refractivity contribution in [3.8, 4) is 0 Å². The minimum atomic E-state index is -0.362. The predicted molar refractivity (Wildman–Crippen MR) is 94.0 cm³/mol. The van der Waals surface area contributed by atoms with Crippen molar-refractivity contribution in [2.24, 2.45) is 4.99 Å². The molecule has 5 nitrogen and oxygen atoms in total. The second-order valence-corrected chi connectivity index (χ2v) is 6.58. The van der Waals surface area contributed by atoms with Crippen molar-refractivity contribution >= 4 is 23.4 Å². The summed E-state index contributed by atoms with van der Waals surface area (Å²) in [6.07, 6.45) is -0.362. The van der Waals surface area contributed by atoms with Crippen LogP contribution in [0.25, 0.3) is 0 Å². The van der Waals surface area contributed by atoms with Gasteiger partial charge in [0.15, 0.2) is 6.23 Å². The molecule has 0 aliphatic carbocycles. The number of carbonyl (C=O) groups is 1. The zero-order chi connectivity index (χ0) is 16.8. The lowest BCUT2D eigenvalue weighted by Crippen LogP contribution is -2.47. The summed E-state index contributed by atoms with van der Waals surface area (Å²) in [6, 6.07) is 10.3. The Balaban J connectivity index is 2.02. The molecular weight excluding hydrogens is 310 g/mol. The van der Waals surface area contributed by atoms with Crippen LogP contribution in [0.3, 0.4) is 0 Å². The van der Waals surface area contributed by atoms with E-state index in [1.807, 2.05) is 39.0 Å². The molecule has 0 fully saturated rings. The number of aliphatic imine (C=N–C) groups is 1. The molecule has 124 valence electrons. The lowest BCUT2D eigenvalue weighted by atomic mass is 10.2. The van der Waals surface area contributed by atoms with E-state index in [0.29, 0.717) is 0 Å². The summed E-state index contributed by atoms with van der Waals surface area (Å²) in [5.41, 5.74) is 5.32. The van der Waals surface area contributed by atoms with Gasteiger partial charge in [0.1, 0.15) is 0 Å². The molecule has 0 aromatic heterocycles. The zero-order valence-corrected chi connectivity index (χ0v) is 14.8. The van der Waals surface area contributed by atoms with Gasteiger partial charge in [0.2, 0.25) is 5.91 Å². The number of amides is 1. The van der Waals surface area contributed by atoms with Crippen molar-refractivity contribution in [2.75, 3.05) is 12.3 Å². The molecule has 1 atom stereocenters. The van der Waals surface area contributed by atoms with Crippen LogP contribution in [0.5, 0.6) is 0 Å². The Morgan fingerprint density at radius 2 is 2.00 bits per heavy atom. The van der Waals surface area contributed by atoms with E-state index in [4.69, 9.17) is 4.84 Å². The predicted octanol–water partition coefficient (Wildman–Crippen LogP) is 3.20. The van der Waals surface area contributed by atoms with Gasteiger partial charge in [-0.3, -0.25) is 9.79 Å². The van der Waals surface area contributed by atoms with Crippen LogP contribution < -0.4 is 5.48 Å². The molecule has 0 radical (unpaired) electrons. The highest BCUT2D eigenvalue weighted by Crippen LogP contribution is 2.24. The van der Waals surface area contributed by atoms with Gasteiger partial charge in [-0.25, -0.2) is 10.3 Å². The van der Waals surface area contributed by atoms with E-state index in [1.165, 1.54) is 11.8 Å². The summed E-state index contributed by atoms with van der Waals surface area (Å²) < 4.78 is 0. The fraction of sp³-hybridized carbons (Fsp3) is 0.412. The minimum Gasteiger partial charge on any atom is -0.341 e. The number of thioether (sulfide) groups is 1. The van der Waals surface area contributed by atoms with Crippen LogP contribution in [-0.2, 0) is 9.63 Å². The minimum absolute atomic E-state index is 0.222. The van der Waals surface area contributed by atoms with Crippen LogP contribution in [0.2, 0.25) is 0 Å². The first-order valence-electron chi connectivity index (χ1n) is 7.58. The molecule has 1 aliphatic heterocycles. The van der Waals surface area contributed by atoms with Crippen molar-refractivity contribution < 1.29 is 9.63 Å². The molecular formula is C17H23N3O2S. The zero-order valence-electron chi connectivity index (χ0n) is 14.0. The normalized spacial score (nSPS) is 18.0. The van der Waals surface area contributed by atoms with Gasteiger partial charge in [0.05, 0.1) is 11.4 Å². The third kappa shape index (κ3) is 4.84. The second kappa shape index (κ2) is 8.17. The van der Waals surface area contributed by atoms with Crippen LogP contribution >= 0.6 is 11.8 Å². The maximum Gasteiger partial charge on any atom is 0.240 e.